The maximum Gasteiger partial charge on any atom is 0.288 e. The Morgan fingerprint density at radius 1 is 1.12 bits per heavy atom. The van der Waals surface area contributed by atoms with E-state index in [0.717, 1.165) is 48.3 Å². The molecule has 2 aliphatic heterocycles. The summed E-state index contributed by atoms with van der Waals surface area (Å²) in [6.07, 6.45) is 4.61. The van der Waals surface area contributed by atoms with E-state index < -0.39 is 5.56 Å². The van der Waals surface area contributed by atoms with Crippen molar-refractivity contribution in [3.63, 3.8) is 0 Å². The zero-order valence-electron chi connectivity index (χ0n) is 13.8. The maximum absolute atomic E-state index is 12.7. The van der Waals surface area contributed by atoms with Crippen molar-refractivity contribution in [3.05, 3.63) is 51.4 Å². The fraction of sp³-hybridized carbons (Fsp3) is 0.389. The third-order valence-corrected chi connectivity index (χ3v) is 5.24. The van der Waals surface area contributed by atoms with Gasteiger partial charge in [0.15, 0.2) is 0 Å². The number of aromatic nitrogens is 2. The highest BCUT2D eigenvalue weighted by Gasteiger charge is 2.25. The first-order chi connectivity index (χ1) is 12.1. The Hall–Kier alpha value is -2.34. The van der Waals surface area contributed by atoms with Crippen LogP contribution >= 0.6 is 11.6 Å². The molecule has 1 saturated heterocycles. The van der Waals surface area contributed by atoms with Gasteiger partial charge in [0.05, 0.1) is 11.9 Å². The first-order valence-electron chi connectivity index (χ1n) is 8.54. The molecule has 0 atom stereocenters. The van der Waals surface area contributed by atoms with Gasteiger partial charge in [-0.2, -0.15) is 5.10 Å². The van der Waals surface area contributed by atoms with E-state index in [1.165, 1.54) is 0 Å². The second-order valence-corrected chi connectivity index (χ2v) is 6.80. The lowest BCUT2D eigenvalue weighted by Gasteiger charge is -2.20. The van der Waals surface area contributed by atoms with E-state index in [2.05, 4.69) is 10.00 Å². The highest BCUT2D eigenvalue weighted by molar-refractivity contribution is 6.33. The van der Waals surface area contributed by atoms with Crippen molar-refractivity contribution in [2.75, 3.05) is 29.4 Å². The number of hydrogen-bond acceptors (Lipinski definition) is 4. The van der Waals surface area contributed by atoms with Crippen LogP contribution in [0.3, 0.4) is 0 Å². The number of fused-ring (bicyclic) bond motifs is 1. The molecule has 0 spiro atoms. The van der Waals surface area contributed by atoms with Crippen LogP contribution in [-0.2, 0) is 17.8 Å². The number of para-hydroxylation sites is 1. The van der Waals surface area contributed by atoms with Crippen molar-refractivity contribution in [1.29, 1.82) is 0 Å². The number of hydrogen-bond donors (Lipinski definition) is 0. The minimum Gasteiger partial charge on any atom is -0.369 e. The van der Waals surface area contributed by atoms with Crippen LogP contribution < -0.4 is 15.4 Å². The number of amides is 1. The summed E-state index contributed by atoms with van der Waals surface area (Å²) in [5, 5.41) is 4.33. The molecule has 1 aromatic heterocycles. The van der Waals surface area contributed by atoms with Gasteiger partial charge in [-0.05, 0) is 30.9 Å². The molecule has 4 rings (SSSR count). The van der Waals surface area contributed by atoms with Gasteiger partial charge in [-0.25, -0.2) is 4.68 Å². The Labute approximate surface area is 150 Å². The molecular weight excluding hydrogens is 340 g/mol. The molecule has 130 valence electrons. The molecule has 0 N–H and O–H groups in total. The number of rotatable bonds is 3. The van der Waals surface area contributed by atoms with E-state index in [0.29, 0.717) is 12.2 Å². The van der Waals surface area contributed by atoms with Gasteiger partial charge in [0.2, 0.25) is 5.91 Å². The summed E-state index contributed by atoms with van der Waals surface area (Å²) in [6, 6.07) is 7.83. The third kappa shape index (κ3) is 2.91. The molecule has 25 heavy (non-hydrogen) atoms. The number of anilines is 2. The minimum atomic E-state index is -0.410. The zero-order valence-corrected chi connectivity index (χ0v) is 14.6. The highest BCUT2D eigenvalue weighted by atomic mass is 35.5. The summed E-state index contributed by atoms with van der Waals surface area (Å²) in [4.78, 5) is 29.0. The van der Waals surface area contributed by atoms with E-state index in [1.807, 2.05) is 24.3 Å². The largest absolute Gasteiger partial charge is 0.369 e. The van der Waals surface area contributed by atoms with Crippen LogP contribution in [0.25, 0.3) is 0 Å². The Bertz CT molecular complexity index is 874. The van der Waals surface area contributed by atoms with Crippen molar-refractivity contribution in [3.8, 4) is 0 Å². The Morgan fingerprint density at radius 3 is 2.68 bits per heavy atom. The van der Waals surface area contributed by atoms with Gasteiger partial charge in [-0.1, -0.05) is 29.8 Å². The smallest absolute Gasteiger partial charge is 0.288 e. The molecule has 0 aliphatic carbocycles. The van der Waals surface area contributed by atoms with Crippen molar-refractivity contribution in [1.82, 2.24) is 9.78 Å². The SMILES string of the molecule is O=C(Cn1ncc(N2CCCC2)c(Cl)c1=O)N1CCc2ccccc21. The first kappa shape index (κ1) is 16.1. The van der Waals surface area contributed by atoms with Crippen molar-refractivity contribution in [2.45, 2.75) is 25.8 Å². The topological polar surface area (TPSA) is 58.4 Å². The minimum absolute atomic E-state index is 0.104. The van der Waals surface area contributed by atoms with E-state index in [9.17, 15) is 9.59 Å². The first-order valence-corrected chi connectivity index (χ1v) is 8.92. The molecule has 1 aromatic carbocycles. The molecule has 1 amide bonds. The Balaban J connectivity index is 1.56. The number of carbonyl (C=O) groups excluding carboxylic acids is 1. The van der Waals surface area contributed by atoms with Crippen LogP contribution in [0.5, 0.6) is 0 Å². The Morgan fingerprint density at radius 2 is 1.88 bits per heavy atom. The summed E-state index contributed by atoms with van der Waals surface area (Å²) >= 11 is 6.26. The molecule has 0 bridgehead atoms. The predicted octanol–water partition coefficient (Wildman–Crippen LogP) is 2.09. The molecular formula is C18H19ClN4O2. The Kier molecular flexibility index (Phi) is 4.21. The van der Waals surface area contributed by atoms with Crippen LogP contribution in [0.4, 0.5) is 11.4 Å². The quantitative estimate of drug-likeness (QED) is 0.843. The fourth-order valence-corrected chi connectivity index (χ4v) is 3.82. The normalized spacial score (nSPS) is 16.4. The molecule has 0 unspecified atom stereocenters. The highest BCUT2D eigenvalue weighted by Crippen LogP contribution is 2.28. The van der Waals surface area contributed by atoms with Gasteiger partial charge in [0.1, 0.15) is 11.6 Å². The molecule has 1 fully saturated rings. The number of carbonyl (C=O) groups is 1. The van der Waals surface area contributed by atoms with E-state index in [-0.39, 0.29) is 17.5 Å². The summed E-state index contributed by atoms with van der Waals surface area (Å²) in [7, 11) is 0. The molecule has 2 aliphatic rings. The van der Waals surface area contributed by atoms with Crippen LogP contribution in [0.1, 0.15) is 18.4 Å². The van der Waals surface area contributed by atoms with Gasteiger partial charge in [0, 0.05) is 25.3 Å². The van der Waals surface area contributed by atoms with Crippen LogP contribution in [0, 0.1) is 0 Å². The second kappa shape index (κ2) is 6.52. The van der Waals surface area contributed by atoms with Crippen molar-refractivity contribution in [2.24, 2.45) is 0 Å². The lowest BCUT2D eigenvalue weighted by Crippen LogP contribution is -2.37. The summed E-state index contributed by atoms with van der Waals surface area (Å²) in [5.74, 6) is -0.149. The average Bonchev–Trinajstić information content (AvgIpc) is 3.28. The van der Waals surface area contributed by atoms with Gasteiger partial charge >= 0.3 is 0 Å². The molecule has 3 heterocycles. The van der Waals surface area contributed by atoms with Crippen molar-refractivity contribution < 1.29 is 4.79 Å². The van der Waals surface area contributed by atoms with Crippen LogP contribution in [0.15, 0.2) is 35.3 Å². The fourth-order valence-electron chi connectivity index (χ4n) is 3.56. The van der Waals surface area contributed by atoms with Crippen LogP contribution in [-0.4, -0.2) is 35.3 Å². The van der Waals surface area contributed by atoms with Gasteiger partial charge in [-0.3, -0.25) is 9.59 Å². The van der Waals surface area contributed by atoms with E-state index in [4.69, 9.17) is 11.6 Å². The molecule has 7 heteroatoms. The lowest BCUT2D eigenvalue weighted by atomic mass is 10.2. The molecule has 6 nitrogen and oxygen atoms in total. The van der Waals surface area contributed by atoms with E-state index in [1.54, 1.807) is 11.1 Å². The molecule has 0 radical (unpaired) electrons. The van der Waals surface area contributed by atoms with E-state index >= 15 is 0 Å². The maximum atomic E-state index is 12.7. The third-order valence-electron chi connectivity index (χ3n) is 4.89. The second-order valence-electron chi connectivity index (χ2n) is 6.42. The van der Waals surface area contributed by atoms with Gasteiger partial charge < -0.3 is 9.80 Å². The molecule has 0 saturated carbocycles. The zero-order chi connectivity index (χ0) is 17.4. The summed E-state index contributed by atoms with van der Waals surface area (Å²) < 4.78 is 1.16. The summed E-state index contributed by atoms with van der Waals surface area (Å²) in [6.45, 7) is 2.29. The van der Waals surface area contributed by atoms with Crippen LogP contribution in [0.2, 0.25) is 5.02 Å². The number of benzene rings is 1. The molecule has 2 aromatic rings. The summed E-state index contributed by atoms with van der Waals surface area (Å²) in [5.41, 5.74) is 2.32. The predicted molar refractivity (Wildman–Crippen MR) is 97.5 cm³/mol. The average molecular weight is 359 g/mol. The number of nitrogens with zero attached hydrogens (tertiary/aromatic N) is 4. The monoisotopic (exact) mass is 358 g/mol. The van der Waals surface area contributed by atoms with Crippen molar-refractivity contribution >= 4 is 28.9 Å². The van der Waals surface area contributed by atoms with Gasteiger partial charge in [0.25, 0.3) is 5.56 Å². The number of halogens is 1. The van der Waals surface area contributed by atoms with Gasteiger partial charge in [-0.15, -0.1) is 0 Å². The standard InChI is InChI=1S/C18H19ClN4O2/c19-17-15(21-8-3-4-9-21)11-20-23(18(17)25)12-16(24)22-10-7-13-5-1-2-6-14(13)22/h1-2,5-6,11H,3-4,7-10,12H2. The lowest BCUT2D eigenvalue weighted by molar-refractivity contribution is -0.119.